The second-order valence-electron chi connectivity index (χ2n) is 7.13. The Labute approximate surface area is 147 Å². The van der Waals surface area contributed by atoms with Crippen molar-refractivity contribution in [3.8, 4) is 0 Å². The number of benzene rings is 1. The van der Waals surface area contributed by atoms with Crippen molar-refractivity contribution >= 4 is 5.91 Å². The van der Waals surface area contributed by atoms with Crippen LogP contribution in [0.5, 0.6) is 0 Å². The molecule has 4 rings (SSSR count). The molecule has 3 atom stereocenters. The average Bonchev–Trinajstić information content (AvgIpc) is 3.22. The fourth-order valence-electron chi connectivity index (χ4n) is 4.07. The number of piperidine rings is 1. The first-order valence-electron chi connectivity index (χ1n) is 9.00. The summed E-state index contributed by atoms with van der Waals surface area (Å²) in [6.45, 7) is 4.26. The van der Waals surface area contributed by atoms with E-state index in [1.165, 1.54) is 0 Å². The van der Waals surface area contributed by atoms with Crippen LogP contribution in [0.1, 0.15) is 23.6 Å². The van der Waals surface area contributed by atoms with Crippen molar-refractivity contribution in [2.45, 2.75) is 32.3 Å². The zero-order valence-corrected chi connectivity index (χ0v) is 14.5. The molecule has 2 aromatic rings. The Balaban J connectivity index is 1.34. The predicted octanol–water partition coefficient (Wildman–Crippen LogP) is 1.76. The number of hydrogen-bond donors (Lipinski definition) is 1. The van der Waals surface area contributed by atoms with Gasteiger partial charge in [-0.1, -0.05) is 30.3 Å². The lowest BCUT2D eigenvalue weighted by atomic mass is 9.83. The number of H-pyrrole nitrogens is 1. The van der Waals surface area contributed by atoms with Gasteiger partial charge in [0.15, 0.2) is 5.82 Å². The topological polar surface area (TPSA) is 71.1 Å². The highest BCUT2D eigenvalue weighted by molar-refractivity contribution is 5.78. The van der Waals surface area contributed by atoms with E-state index in [0.29, 0.717) is 18.3 Å². The zero-order valence-electron chi connectivity index (χ0n) is 14.5. The number of hydrogen-bond acceptors (Lipinski definition) is 4. The molecule has 2 fully saturated rings. The van der Waals surface area contributed by atoms with Gasteiger partial charge >= 0.3 is 0 Å². The molecule has 2 aliphatic heterocycles. The highest BCUT2D eigenvalue weighted by Crippen LogP contribution is 2.35. The molecule has 2 aliphatic rings. The maximum atomic E-state index is 12.6. The van der Waals surface area contributed by atoms with Gasteiger partial charge in [-0.3, -0.25) is 9.89 Å². The highest BCUT2D eigenvalue weighted by Gasteiger charge is 2.42. The first-order chi connectivity index (χ1) is 12.2. The molecule has 1 amide bonds. The van der Waals surface area contributed by atoms with Gasteiger partial charge in [0.05, 0.1) is 19.1 Å². The summed E-state index contributed by atoms with van der Waals surface area (Å²) in [7, 11) is 0. The number of likely N-dealkylation sites (tertiary alicyclic amines) is 1. The summed E-state index contributed by atoms with van der Waals surface area (Å²) >= 11 is 0. The van der Waals surface area contributed by atoms with E-state index in [1.54, 1.807) is 0 Å². The van der Waals surface area contributed by atoms with Crippen LogP contribution in [-0.2, 0) is 22.4 Å². The second kappa shape index (κ2) is 6.96. The fraction of sp³-hybridized carbons (Fsp3) is 0.526. The van der Waals surface area contributed by atoms with Crippen molar-refractivity contribution in [3.63, 3.8) is 0 Å². The Morgan fingerprint density at radius 1 is 1.36 bits per heavy atom. The number of nitrogens with one attached hydrogen (secondary N) is 1. The van der Waals surface area contributed by atoms with Crippen molar-refractivity contribution in [3.05, 3.63) is 47.5 Å². The Morgan fingerprint density at radius 3 is 2.96 bits per heavy atom. The van der Waals surface area contributed by atoms with Crippen LogP contribution in [0.15, 0.2) is 30.3 Å². The van der Waals surface area contributed by atoms with Crippen molar-refractivity contribution in [1.82, 2.24) is 20.1 Å². The van der Waals surface area contributed by atoms with Gasteiger partial charge in [-0.2, -0.15) is 5.10 Å². The van der Waals surface area contributed by atoms with Gasteiger partial charge < -0.3 is 9.64 Å². The van der Waals surface area contributed by atoms with E-state index in [0.717, 1.165) is 49.8 Å². The molecule has 2 saturated heterocycles. The van der Waals surface area contributed by atoms with E-state index in [9.17, 15) is 4.79 Å². The number of aromatic nitrogens is 3. The minimum absolute atomic E-state index is 0.173. The third-order valence-electron chi connectivity index (χ3n) is 5.37. The van der Waals surface area contributed by atoms with Gasteiger partial charge in [-0.15, -0.1) is 0 Å². The van der Waals surface area contributed by atoms with Crippen LogP contribution in [-0.4, -0.2) is 51.8 Å². The van der Waals surface area contributed by atoms with Gasteiger partial charge in [-0.05, 0) is 24.8 Å². The molecule has 1 N–H and O–H groups in total. The smallest absolute Gasteiger partial charge is 0.227 e. The van der Waals surface area contributed by atoms with Gasteiger partial charge in [-0.25, -0.2) is 4.98 Å². The molecule has 25 heavy (non-hydrogen) atoms. The zero-order chi connectivity index (χ0) is 17.2. The summed E-state index contributed by atoms with van der Waals surface area (Å²) in [6, 6.07) is 9.96. The van der Waals surface area contributed by atoms with Crippen molar-refractivity contribution in [2.24, 2.45) is 11.8 Å². The molecule has 0 radical (unpaired) electrons. The molecule has 6 heteroatoms. The summed E-state index contributed by atoms with van der Waals surface area (Å²) in [5.74, 6) is 2.81. The van der Waals surface area contributed by atoms with Gasteiger partial charge in [0.25, 0.3) is 0 Å². The lowest BCUT2D eigenvalue weighted by molar-refractivity contribution is -0.132. The van der Waals surface area contributed by atoms with Crippen LogP contribution >= 0.6 is 0 Å². The lowest BCUT2D eigenvalue weighted by Gasteiger charge is -2.35. The first kappa shape index (κ1) is 16.3. The Hall–Kier alpha value is -2.21. The number of aromatic amines is 1. The predicted molar refractivity (Wildman–Crippen MR) is 92.9 cm³/mol. The number of rotatable bonds is 4. The number of aryl methyl sites for hydroxylation is 1. The molecule has 1 aromatic heterocycles. The molecule has 6 nitrogen and oxygen atoms in total. The number of carbonyl (C=O) groups excluding carboxylic acids is 1. The summed E-state index contributed by atoms with van der Waals surface area (Å²) < 4.78 is 6.03. The van der Waals surface area contributed by atoms with Crippen LogP contribution in [0.4, 0.5) is 0 Å². The normalized spacial score (nSPS) is 25.8. The lowest BCUT2D eigenvalue weighted by Crippen LogP contribution is -2.45. The van der Waals surface area contributed by atoms with E-state index in [4.69, 9.17) is 4.74 Å². The van der Waals surface area contributed by atoms with Crippen molar-refractivity contribution < 1.29 is 9.53 Å². The third-order valence-corrected chi connectivity index (χ3v) is 5.37. The molecule has 1 aromatic carbocycles. The minimum atomic E-state index is 0.173. The molecule has 3 heterocycles. The number of nitrogens with zero attached hydrogens (tertiary/aromatic N) is 3. The largest absolute Gasteiger partial charge is 0.377 e. The van der Waals surface area contributed by atoms with Gasteiger partial charge in [0.1, 0.15) is 5.82 Å². The quantitative estimate of drug-likeness (QED) is 0.921. The monoisotopic (exact) mass is 340 g/mol. The van der Waals surface area contributed by atoms with Crippen molar-refractivity contribution in [2.75, 3.05) is 19.7 Å². The third kappa shape index (κ3) is 3.58. The molecule has 0 unspecified atom stereocenters. The molecule has 0 spiro atoms. The maximum Gasteiger partial charge on any atom is 0.227 e. The van der Waals surface area contributed by atoms with Crippen LogP contribution < -0.4 is 0 Å². The van der Waals surface area contributed by atoms with Crippen molar-refractivity contribution in [1.29, 1.82) is 0 Å². The number of carbonyl (C=O) groups is 1. The maximum absolute atomic E-state index is 12.6. The van der Waals surface area contributed by atoms with Crippen LogP contribution in [0.2, 0.25) is 0 Å². The summed E-state index contributed by atoms with van der Waals surface area (Å²) in [5, 5.41) is 7.12. The molecular weight excluding hydrogens is 316 g/mol. The highest BCUT2D eigenvalue weighted by atomic mass is 16.5. The number of amides is 1. The summed E-state index contributed by atoms with van der Waals surface area (Å²) in [6.07, 6.45) is 2.41. The van der Waals surface area contributed by atoms with Gasteiger partial charge in [0, 0.05) is 25.4 Å². The number of fused-ring (bicyclic) bond motifs is 1. The summed E-state index contributed by atoms with van der Waals surface area (Å²) in [5.41, 5.74) is 1.08. The van der Waals surface area contributed by atoms with E-state index in [1.807, 2.05) is 42.2 Å². The van der Waals surface area contributed by atoms with E-state index < -0.39 is 0 Å². The Bertz CT molecular complexity index is 730. The standard InChI is InChI=1S/C19H24N4O2/c1-13-20-18(22-21-13)10-17-16-7-8-23(11-15(16)12-25-17)19(24)9-14-5-3-2-4-6-14/h2-6,15-17H,7-12H2,1H3,(H,20,21,22)/t15-,16-,17+/m1/s1. The summed E-state index contributed by atoms with van der Waals surface area (Å²) in [4.78, 5) is 19.0. The minimum Gasteiger partial charge on any atom is -0.377 e. The van der Waals surface area contributed by atoms with Crippen LogP contribution in [0.3, 0.4) is 0 Å². The van der Waals surface area contributed by atoms with E-state index in [2.05, 4.69) is 15.2 Å². The Kier molecular flexibility index (Phi) is 4.53. The second-order valence-corrected chi connectivity index (χ2v) is 7.13. The fourth-order valence-corrected chi connectivity index (χ4v) is 4.07. The van der Waals surface area contributed by atoms with Gasteiger partial charge in [0.2, 0.25) is 5.91 Å². The average molecular weight is 340 g/mol. The molecular formula is C19H24N4O2. The molecule has 0 saturated carbocycles. The van der Waals surface area contributed by atoms with Crippen LogP contribution in [0, 0.1) is 18.8 Å². The van der Waals surface area contributed by atoms with E-state index in [-0.39, 0.29) is 12.0 Å². The Morgan fingerprint density at radius 2 is 2.20 bits per heavy atom. The first-order valence-corrected chi connectivity index (χ1v) is 9.00. The molecule has 132 valence electrons. The molecule has 0 bridgehead atoms. The number of ether oxygens (including phenoxy) is 1. The van der Waals surface area contributed by atoms with E-state index >= 15 is 0 Å². The molecule has 0 aliphatic carbocycles. The van der Waals surface area contributed by atoms with Crippen LogP contribution in [0.25, 0.3) is 0 Å². The SMILES string of the molecule is Cc1nc(C[C@@H]2OC[C@H]3CN(C(=O)Cc4ccccc4)CC[C@H]32)n[nH]1.